The zero-order valence-electron chi connectivity index (χ0n) is 10.9. The first-order valence-electron chi connectivity index (χ1n) is 6.74. The molecule has 1 aliphatic heterocycles. The molecule has 3 nitrogen and oxygen atoms in total. The lowest BCUT2D eigenvalue weighted by Gasteiger charge is -2.39. The molecular weight excluding hydrogens is 226 g/mol. The van der Waals surface area contributed by atoms with Crippen molar-refractivity contribution in [3.05, 3.63) is 35.4 Å². The Hall–Kier alpha value is -1.35. The van der Waals surface area contributed by atoms with Gasteiger partial charge in [0, 0.05) is 19.6 Å². The van der Waals surface area contributed by atoms with E-state index in [1.807, 2.05) is 12.1 Å². The van der Waals surface area contributed by atoms with Crippen molar-refractivity contribution in [2.75, 3.05) is 19.6 Å². The third-order valence-electron chi connectivity index (χ3n) is 3.67. The maximum Gasteiger partial charge on any atom is 0.335 e. The quantitative estimate of drug-likeness (QED) is 0.840. The highest BCUT2D eigenvalue weighted by Crippen LogP contribution is 2.21. The van der Waals surface area contributed by atoms with Gasteiger partial charge >= 0.3 is 5.97 Å². The van der Waals surface area contributed by atoms with Crippen LogP contribution in [0.15, 0.2) is 24.3 Å². The fraction of sp³-hybridized carbons (Fsp3) is 0.533. The number of carboxylic acids is 1. The van der Waals surface area contributed by atoms with Gasteiger partial charge in [0.05, 0.1) is 5.56 Å². The van der Waals surface area contributed by atoms with Crippen LogP contribution >= 0.6 is 0 Å². The molecule has 18 heavy (non-hydrogen) atoms. The molecule has 0 aromatic heterocycles. The average molecular weight is 247 g/mol. The van der Waals surface area contributed by atoms with Gasteiger partial charge in [-0.05, 0) is 30.4 Å². The zero-order chi connectivity index (χ0) is 13.0. The Morgan fingerprint density at radius 2 is 2.11 bits per heavy atom. The van der Waals surface area contributed by atoms with E-state index in [1.165, 1.54) is 25.9 Å². The molecule has 1 aliphatic rings. The molecule has 1 fully saturated rings. The van der Waals surface area contributed by atoms with Crippen molar-refractivity contribution in [1.82, 2.24) is 4.90 Å². The SMILES string of the molecule is CCCC1CN(CCc2ccccc2C(=O)O)C1. The molecular formula is C15H21NO2. The molecule has 2 rings (SSSR count). The van der Waals surface area contributed by atoms with E-state index in [0.29, 0.717) is 5.56 Å². The van der Waals surface area contributed by atoms with E-state index < -0.39 is 5.97 Å². The van der Waals surface area contributed by atoms with E-state index in [1.54, 1.807) is 12.1 Å². The lowest BCUT2D eigenvalue weighted by molar-refractivity contribution is 0.0693. The second-order valence-corrected chi connectivity index (χ2v) is 5.13. The van der Waals surface area contributed by atoms with Crippen LogP contribution in [-0.2, 0) is 6.42 Å². The maximum atomic E-state index is 11.1. The Labute approximate surface area is 108 Å². The third kappa shape index (κ3) is 3.10. The average Bonchev–Trinajstić information content (AvgIpc) is 2.32. The minimum atomic E-state index is -0.821. The predicted octanol–water partition coefficient (Wildman–Crippen LogP) is 2.66. The van der Waals surface area contributed by atoms with Crippen LogP contribution in [0.1, 0.15) is 35.7 Å². The molecule has 98 valence electrons. The number of hydrogen-bond acceptors (Lipinski definition) is 2. The molecule has 1 heterocycles. The summed E-state index contributed by atoms with van der Waals surface area (Å²) in [6, 6.07) is 7.31. The highest BCUT2D eigenvalue weighted by Gasteiger charge is 2.25. The van der Waals surface area contributed by atoms with Crippen molar-refractivity contribution in [1.29, 1.82) is 0 Å². The molecule has 1 saturated heterocycles. The maximum absolute atomic E-state index is 11.1. The Bertz CT molecular complexity index is 411. The molecule has 1 aromatic carbocycles. The summed E-state index contributed by atoms with van der Waals surface area (Å²) in [5.74, 6) is 0.0442. The van der Waals surface area contributed by atoms with E-state index in [9.17, 15) is 4.79 Å². The predicted molar refractivity (Wildman–Crippen MR) is 71.9 cm³/mol. The molecule has 0 radical (unpaired) electrons. The third-order valence-corrected chi connectivity index (χ3v) is 3.67. The minimum absolute atomic E-state index is 0.447. The first-order chi connectivity index (χ1) is 8.70. The first-order valence-corrected chi connectivity index (χ1v) is 6.74. The van der Waals surface area contributed by atoms with E-state index in [0.717, 1.165) is 24.4 Å². The number of carbonyl (C=O) groups is 1. The van der Waals surface area contributed by atoms with E-state index in [-0.39, 0.29) is 0 Å². The summed E-state index contributed by atoms with van der Waals surface area (Å²) in [4.78, 5) is 13.5. The topological polar surface area (TPSA) is 40.5 Å². The van der Waals surface area contributed by atoms with Gasteiger partial charge in [0.15, 0.2) is 0 Å². The summed E-state index contributed by atoms with van der Waals surface area (Å²) >= 11 is 0. The summed E-state index contributed by atoms with van der Waals surface area (Å²) in [7, 11) is 0. The summed E-state index contributed by atoms with van der Waals surface area (Å²) in [5.41, 5.74) is 1.40. The van der Waals surface area contributed by atoms with Gasteiger partial charge < -0.3 is 10.0 Å². The normalized spacial score (nSPS) is 16.5. The molecule has 0 atom stereocenters. The van der Waals surface area contributed by atoms with Crippen LogP contribution < -0.4 is 0 Å². The van der Waals surface area contributed by atoms with Crippen LogP contribution in [0.4, 0.5) is 0 Å². The van der Waals surface area contributed by atoms with Gasteiger partial charge in [-0.25, -0.2) is 4.79 Å². The molecule has 3 heteroatoms. The Kier molecular flexibility index (Phi) is 4.37. The molecule has 0 saturated carbocycles. The van der Waals surface area contributed by atoms with Gasteiger partial charge in [-0.1, -0.05) is 31.5 Å². The number of hydrogen-bond donors (Lipinski definition) is 1. The van der Waals surface area contributed by atoms with Crippen molar-refractivity contribution in [3.63, 3.8) is 0 Å². The van der Waals surface area contributed by atoms with Gasteiger partial charge in [-0.2, -0.15) is 0 Å². The van der Waals surface area contributed by atoms with Crippen LogP contribution in [0.3, 0.4) is 0 Å². The summed E-state index contributed by atoms with van der Waals surface area (Å²) in [6.45, 7) is 5.57. The minimum Gasteiger partial charge on any atom is -0.478 e. The molecule has 1 N–H and O–H groups in total. The number of aromatic carboxylic acids is 1. The Morgan fingerprint density at radius 1 is 1.39 bits per heavy atom. The lowest BCUT2D eigenvalue weighted by atomic mass is 9.94. The summed E-state index contributed by atoms with van der Waals surface area (Å²) < 4.78 is 0. The Balaban J connectivity index is 1.83. The monoisotopic (exact) mass is 247 g/mol. The number of benzene rings is 1. The Morgan fingerprint density at radius 3 is 2.78 bits per heavy atom. The highest BCUT2D eigenvalue weighted by molar-refractivity contribution is 5.89. The fourth-order valence-corrected chi connectivity index (χ4v) is 2.68. The zero-order valence-corrected chi connectivity index (χ0v) is 10.9. The van der Waals surface area contributed by atoms with Crippen LogP contribution in [0, 0.1) is 5.92 Å². The van der Waals surface area contributed by atoms with E-state index in [4.69, 9.17) is 5.11 Å². The first kappa shape index (κ1) is 13.1. The van der Waals surface area contributed by atoms with Gasteiger partial charge in [0.1, 0.15) is 0 Å². The van der Waals surface area contributed by atoms with Crippen LogP contribution in [-0.4, -0.2) is 35.6 Å². The standard InChI is InChI=1S/C15H21NO2/c1-2-5-12-10-16(11-12)9-8-13-6-3-4-7-14(13)15(17)18/h3-4,6-7,12H,2,5,8-11H2,1H3,(H,17,18). The number of nitrogens with zero attached hydrogens (tertiary/aromatic N) is 1. The van der Waals surface area contributed by atoms with Crippen LogP contribution in [0.5, 0.6) is 0 Å². The van der Waals surface area contributed by atoms with Crippen molar-refractivity contribution in [3.8, 4) is 0 Å². The largest absolute Gasteiger partial charge is 0.478 e. The smallest absolute Gasteiger partial charge is 0.335 e. The summed E-state index contributed by atoms with van der Waals surface area (Å²) in [6.07, 6.45) is 3.42. The molecule has 0 spiro atoms. The van der Waals surface area contributed by atoms with Crippen molar-refractivity contribution in [2.24, 2.45) is 5.92 Å². The number of rotatable bonds is 6. The van der Waals surface area contributed by atoms with Crippen molar-refractivity contribution < 1.29 is 9.90 Å². The van der Waals surface area contributed by atoms with Gasteiger partial charge in [-0.3, -0.25) is 0 Å². The van der Waals surface area contributed by atoms with Crippen molar-refractivity contribution >= 4 is 5.97 Å². The lowest BCUT2D eigenvalue weighted by Crippen LogP contribution is -2.47. The fourth-order valence-electron chi connectivity index (χ4n) is 2.68. The van der Waals surface area contributed by atoms with Crippen LogP contribution in [0.25, 0.3) is 0 Å². The molecule has 0 amide bonds. The highest BCUT2D eigenvalue weighted by atomic mass is 16.4. The van der Waals surface area contributed by atoms with Gasteiger partial charge in [0.25, 0.3) is 0 Å². The van der Waals surface area contributed by atoms with Crippen LogP contribution in [0.2, 0.25) is 0 Å². The van der Waals surface area contributed by atoms with Crippen molar-refractivity contribution in [2.45, 2.75) is 26.2 Å². The molecule has 0 unspecified atom stereocenters. The molecule has 0 aliphatic carbocycles. The van der Waals surface area contributed by atoms with Gasteiger partial charge in [0.2, 0.25) is 0 Å². The van der Waals surface area contributed by atoms with E-state index >= 15 is 0 Å². The second-order valence-electron chi connectivity index (χ2n) is 5.13. The van der Waals surface area contributed by atoms with Gasteiger partial charge in [-0.15, -0.1) is 0 Å². The number of carboxylic acid groups (broad SMARTS) is 1. The second kappa shape index (κ2) is 6.01. The molecule has 0 bridgehead atoms. The van der Waals surface area contributed by atoms with E-state index in [2.05, 4.69) is 11.8 Å². The number of likely N-dealkylation sites (tertiary alicyclic amines) is 1. The molecule has 1 aromatic rings. The summed E-state index contributed by atoms with van der Waals surface area (Å²) in [5, 5.41) is 9.10.